The van der Waals surface area contributed by atoms with E-state index >= 15 is 0 Å². The van der Waals surface area contributed by atoms with Crippen LogP contribution >= 0.6 is 0 Å². The van der Waals surface area contributed by atoms with Gasteiger partial charge in [0.05, 0.1) is 0 Å². The number of nitrogens with zero attached hydrogens (tertiary/aromatic N) is 2. The molecule has 4 aromatic rings. The van der Waals surface area contributed by atoms with Gasteiger partial charge < -0.3 is 13.9 Å². The molecule has 0 bridgehead atoms. The van der Waals surface area contributed by atoms with Crippen molar-refractivity contribution in [3.63, 3.8) is 0 Å². The Bertz CT molecular complexity index is 1180. The number of fused-ring (bicyclic) bond motifs is 4. The molecule has 28 heavy (non-hydrogen) atoms. The smallest absolute Gasteiger partial charge is 0.262 e. The number of ether oxygens (including phenoxy) is 2. The third-order valence-corrected chi connectivity index (χ3v) is 5.13. The van der Waals surface area contributed by atoms with Crippen LogP contribution in [0.3, 0.4) is 0 Å². The maximum Gasteiger partial charge on any atom is 0.262 e. The SMILES string of the molecule is CCc1nc(OC2CC(C)(C)Oc3ccccc32)c2oc3ccccc3c2n1. The summed E-state index contributed by atoms with van der Waals surface area (Å²) in [4.78, 5) is 9.36. The molecule has 0 saturated heterocycles. The molecule has 2 aromatic carbocycles. The summed E-state index contributed by atoms with van der Waals surface area (Å²) in [7, 11) is 0. The zero-order valence-corrected chi connectivity index (χ0v) is 16.2. The molecule has 5 heteroatoms. The minimum Gasteiger partial charge on any atom is -0.487 e. The molecule has 5 rings (SSSR count). The van der Waals surface area contributed by atoms with E-state index < -0.39 is 0 Å². The molecule has 0 aliphatic carbocycles. The number of aromatic nitrogens is 2. The molecule has 1 unspecified atom stereocenters. The topological polar surface area (TPSA) is 57.4 Å². The minimum absolute atomic E-state index is 0.170. The van der Waals surface area contributed by atoms with Crippen LogP contribution in [0.5, 0.6) is 11.6 Å². The summed E-state index contributed by atoms with van der Waals surface area (Å²) in [6.07, 6.45) is 1.27. The number of benzene rings is 2. The Morgan fingerprint density at radius 2 is 1.86 bits per heavy atom. The van der Waals surface area contributed by atoms with Crippen molar-refractivity contribution in [2.45, 2.75) is 45.3 Å². The van der Waals surface area contributed by atoms with Crippen LogP contribution in [0.4, 0.5) is 0 Å². The zero-order valence-electron chi connectivity index (χ0n) is 16.2. The van der Waals surface area contributed by atoms with Crippen LogP contribution in [-0.4, -0.2) is 15.6 Å². The standard InChI is InChI=1S/C23H22N2O3/c1-4-19-24-20-15-10-6-7-11-16(15)26-21(20)22(25-19)27-18-13-23(2,3)28-17-12-8-5-9-14(17)18/h5-12,18H,4,13H2,1-3H3. The van der Waals surface area contributed by atoms with Gasteiger partial charge in [0.15, 0.2) is 0 Å². The van der Waals surface area contributed by atoms with E-state index in [2.05, 4.69) is 18.8 Å². The monoisotopic (exact) mass is 374 g/mol. The van der Waals surface area contributed by atoms with Gasteiger partial charge in [-0.1, -0.05) is 37.3 Å². The first-order valence-electron chi connectivity index (χ1n) is 9.67. The summed E-state index contributed by atoms with van der Waals surface area (Å²) in [5, 5.41) is 0.979. The highest BCUT2D eigenvalue weighted by Gasteiger charge is 2.35. The summed E-state index contributed by atoms with van der Waals surface area (Å²) in [5.74, 6) is 2.10. The van der Waals surface area contributed by atoms with Gasteiger partial charge in [0, 0.05) is 23.8 Å². The normalized spacial score (nSPS) is 18.0. The fourth-order valence-electron chi connectivity index (χ4n) is 3.82. The fraction of sp³-hybridized carbons (Fsp3) is 0.304. The van der Waals surface area contributed by atoms with Gasteiger partial charge in [-0.05, 0) is 32.0 Å². The first kappa shape index (κ1) is 17.0. The van der Waals surface area contributed by atoms with Gasteiger partial charge in [-0.15, -0.1) is 0 Å². The molecule has 2 aromatic heterocycles. The van der Waals surface area contributed by atoms with Gasteiger partial charge in [0.1, 0.15) is 34.4 Å². The van der Waals surface area contributed by atoms with Crippen molar-refractivity contribution in [1.82, 2.24) is 9.97 Å². The van der Waals surface area contributed by atoms with Gasteiger partial charge in [0.2, 0.25) is 5.58 Å². The molecule has 0 saturated carbocycles. The Morgan fingerprint density at radius 1 is 1.07 bits per heavy atom. The molecule has 142 valence electrons. The van der Waals surface area contributed by atoms with Crippen molar-refractivity contribution in [3.05, 3.63) is 59.9 Å². The number of hydrogen-bond donors (Lipinski definition) is 0. The van der Waals surface area contributed by atoms with Gasteiger partial charge in [-0.3, -0.25) is 0 Å². The third kappa shape index (κ3) is 2.78. The van der Waals surface area contributed by atoms with Crippen LogP contribution in [0.25, 0.3) is 22.1 Å². The van der Waals surface area contributed by atoms with Crippen LogP contribution in [0, 0.1) is 0 Å². The molecule has 5 nitrogen and oxygen atoms in total. The van der Waals surface area contributed by atoms with E-state index in [0.29, 0.717) is 11.5 Å². The molecule has 1 aliphatic rings. The Hall–Kier alpha value is -3.08. The average Bonchev–Trinajstić information content (AvgIpc) is 3.06. The second-order valence-electron chi connectivity index (χ2n) is 7.78. The maximum absolute atomic E-state index is 6.48. The number of furan rings is 1. The lowest BCUT2D eigenvalue weighted by molar-refractivity contribution is 0.0205. The highest BCUT2D eigenvalue weighted by atomic mass is 16.5. The van der Waals surface area contributed by atoms with Gasteiger partial charge in [-0.25, -0.2) is 4.98 Å². The van der Waals surface area contributed by atoms with Crippen LogP contribution in [0.2, 0.25) is 0 Å². The maximum atomic E-state index is 6.48. The van der Waals surface area contributed by atoms with Crippen molar-refractivity contribution in [1.29, 1.82) is 0 Å². The Kier molecular flexibility index (Phi) is 3.79. The molecule has 0 amide bonds. The quantitative estimate of drug-likeness (QED) is 0.466. The van der Waals surface area contributed by atoms with Crippen LogP contribution in [-0.2, 0) is 6.42 Å². The summed E-state index contributed by atoms with van der Waals surface area (Å²) >= 11 is 0. The van der Waals surface area contributed by atoms with Crippen molar-refractivity contribution >= 4 is 22.1 Å². The number of hydrogen-bond acceptors (Lipinski definition) is 5. The van der Waals surface area contributed by atoms with Gasteiger partial charge >= 0.3 is 0 Å². The van der Waals surface area contributed by atoms with Crippen LogP contribution in [0.1, 0.15) is 44.7 Å². The predicted octanol–water partition coefficient (Wildman–Crippen LogP) is 5.62. The minimum atomic E-state index is -0.327. The zero-order chi connectivity index (χ0) is 19.3. The lowest BCUT2D eigenvalue weighted by Gasteiger charge is -2.37. The Morgan fingerprint density at radius 3 is 2.71 bits per heavy atom. The van der Waals surface area contributed by atoms with Gasteiger partial charge in [0.25, 0.3) is 5.88 Å². The number of rotatable bonds is 3. The van der Waals surface area contributed by atoms with Crippen molar-refractivity contribution in [2.24, 2.45) is 0 Å². The molecular weight excluding hydrogens is 352 g/mol. The average molecular weight is 374 g/mol. The number of para-hydroxylation sites is 2. The van der Waals surface area contributed by atoms with Crippen molar-refractivity contribution < 1.29 is 13.9 Å². The molecule has 1 aliphatic heterocycles. The fourth-order valence-corrected chi connectivity index (χ4v) is 3.82. The first-order chi connectivity index (χ1) is 13.5. The van der Waals surface area contributed by atoms with E-state index in [1.54, 1.807) is 0 Å². The first-order valence-corrected chi connectivity index (χ1v) is 9.67. The van der Waals surface area contributed by atoms with Crippen molar-refractivity contribution in [2.75, 3.05) is 0 Å². The van der Waals surface area contributed by atoms with E-state index in [9.17, 15) is 0 Å². The number of aryl methyl sites for hydroxylation is 1. The largest absolute Gasteiger partial charge is 0.487 e. The van der Waals surface area contributed by atoms with E-state index in [0.717, 1.165) is 46.5 Å². The molecule has 0 N–H and O–H groups in total. The summed E-state index contributed by atoms with van der Waals surface area (Å²) < 4.78 is 18.7. The van der Waals surface area contributed by atoms with E-state index in [1.807, 2.05) is 55.5 Å². The highest BCUT2D eigenvalue weighted by Crippen LogP contribution is 2.43. The lowest BCUT2D eigenvalue weighted by Crippen LogP contribution is -2.36. The van der Waals surface area contributed by atoms with Crippen molar-refractivity contribution in [3.8, 4) is 11.6 Å². The molecule has 0 fully saturated rings. The molecule has 3 heterocycles. The molecule has 1 atom stereocenters. The van der Waals surface area contributed by atoms with E-state index in [-0.39, 0.29) is 11.7 Å². The second kappa shape index (κ2) is 6.23. The summed E-state index contributed by atoms with van der Waals surface area (Å²) in [6, 6.07) is 15.9. The summed E-state index contributed by atoms with van der Waals surface area (Å²) in [5.41, 5.74) is 2.89. The van der Waals surface area contributed by atoms with Gasteiger partial charge in [-0.2, -0.15) is 4.98 Å². The highest BCUT2D eigenvalue weighted by molar-refractivity contribution is 6.03. The lowest BCUT2D eigenvalue weighted by atomic mass is 9.91. The molecule has 0 radical (unpaired) electrons. The summed E-state index contributed by atoms with van der Waals surface area (Å²) in [6.45, 7) is 6.20. The molecular formula is C23H22N2O3. The van der Waals surface area contributed by atoms with E-state index in [1.165, 1.54) is 0 Å². The van der Waals surface area contributed by atoms with Crippen LogP contribution < -0.4 is 9.47 Å². The van der Waals surface area contributed by atoms with Crippen LogP contribution in [0.15, 0.2) is 52.9 Å². The predicted molar refractivity (Wildman–Crippen MR) is 108 cm³/mol. The Labute approximate surface area is 163 Å². The third-order valence-electron chi connectivity index (χ3n) is 5.13. The molecule has 0 spiro atoms. The Balaban J connectivity index is 1.66. The second-order valence-corrected chi connectivity index (χ2v) is 7.78. The van der Waals surface area contributed by atoms with E-state index in [4.69, 9.17) is 18.9 Å².